The molecule has 0 aliphatic carbocycles. The highest BCUT2D eigenvalue weighted by Crippen LogP contribution is 2.31. The summed E-state index contributed by atoms with van der Waals surface area (Å²) in [7, 11) is -1.85. The van der Waals surface area contributed by atoms with Gasteiger partial charge in [-0.05, 0) is 40.6 Å². The predicted molar refractivity (Wildman–Crippen MR) is 123 cm³/mol. The van der Waals surface area contributed by atoms with Crippen LogP contribution in [0.25, 0.3) is 16.8 Å². The van der Waals surface area contributed by atoms with Crippen molar-refractivity contribution < 1.29 is 18.3 Å². The van der Waals surface area contributed by atoms with Crippen LogP contribution in [0.2, 0.25) is 0 Å². The fourth-order valence-electron chi connectivity index (χ4n) is 3.82. The third-order valence-corrected chi connectivity index (χ3v) is 7.19. The van der Waals surface area contributed by atoms with Crippen molar-refractivity contribution in [1.29, 1.82) is 0 Å². The summed E-state index contributed by atoms with van der Waals surface area (Å²) < 4.78 is 32.2. The molecule has 0 radical (unpaired) electrons. The molecule has 1 fully saturated rings. The molecule has 0 amide bonds. The summed E-state index contributed by atoms with van der Waals surface area (Å²) in [5, 5.41) is 13.7. The minimum Gasteiger partial charge on any atom is -0.508 e. The Labute approximate surface area is 183 Å². The number of rotatable bonds is 6. The van der Waals surface area contributed by atoms with E-state index in [-0.39, 0.29) is 5.75 Å². The first-order valence-corrected chi connectivity index (χ1v) is 11.7. The van der Waals surface area contributed by atoms with Gasteiger partial charge >= 0.3 is 0 Å². The molecule has 0 spiro atoms. The summed E-state index contributed by atoms with van der Waals surface area (Å²) in [4.78, 5) is 2.17. The van der Waals surface area contributed by atoms with Crippen LogP contribution in [0.15, 0.2) is 66.1 Å². The molecular formula is C24H26N2O4S. The SMILES string of the molecule is COc1ccc2ccc(O)c(CN3CCN(S(=O)(=O)C=Cc4ccccc4)CC3)c2c1. The van der Waals surface area contributed by atoms with Gasteiger partial charge in [0, 0.05) is 43.7 Å². The number of benzene rings is 3. The lowest BCUT2D eigenvalue weighted by Gasteiger charge is -2.33. The molecule has 162 valence electrons. The van der Waals surface area contributed by atoms with Crippen LogP contribution >= 0.6 is 0 Å². The van der Waals surface area contributed by atoms with Crippen molar-refractivity contribution in [3.05, 3.63) is 77.2 Å². The first-order chi connectivity index (χ1) is 15.0. The summed E-state index contributed by atoms with van der Waals surface area (Å²) in [6, 6.07) is 18.8. The van der Waals surface area contributed by atoms with Gasteiger partial charge in [-0.15, -0.1) is 0 Å². The Bertz CT molecular complexity index is 1180. The summed E-state index contributed by atoms with van der Waals surface area (Å²) >= 11 is 0. The third kappa shape index (κ3) is 4.90. The molecule has 1 aliphatic rings. The molecule has 1 aliphatic heterocycles. The predicted octanol–water partition coefficient (Wildman–Crippen LogP) is 3.67. The fraction of sp³-hybridized carbons (Fsp3) is 0.250. The number of phenolic OH excluding ortho intramolecular Hbond substituents is 1. The molecule has 0 bridgehead atoms. The Morgan fingerprint density at radius 1 is 1.00 bits per heavy atom. The van der Waals surface area contributed by atoms with Crippen molar-refractivity contribution in [3.8, 4) is 11.5 Å². The van der Waals surface area contributed by atoms with Crippen molar-refractivity contribution >= 4 is 26.9 Å². The van der Waals surface area contributed by atoms with Gasteiger partial charge in [0.05, 0.1) is 7.11 Å². The maximum atomic E-state index is 12.7. The number of methoxy groups -OCH3 is 1. The number of piperazine rings is 1. The van der Waals surface area contributed by atoms with Gasteiger partial charge < -0.3 is 9.84 Å². The zero-order chi connectivity index (χ0) is 21.8. The van der Waals surface area contributed by atoms with Crippen LogP contribution in [0, 0.1) is 0 Å². The summed E-state index contributed by atoms with van der Waals surface area (Å²) in [6.45, 7) is 2.56. The van der Waals surface area contributed by atoms with Crippen molar-refractivity contribution in [3.63, 3.8) is 0 Å². The topological polar surface area (TPSA) is 70.1 Å². The van der Waals surface area contributed by atoms with E-state index >= 15 is 0 Å². The number of fused-ring (bicyclic) bond motifs is 1. The Morgan fingerprint density at radius 2 is 1.71 bits per heavy atom. The number of hydrogen-bond donors (Lipinski definition) is 1. The second kappa shape index (κ2) is 9.09. The van der Waals surface area contributed by atoms with E-state index in [2.05, 4.69) is 4.90 Å². The van der Waals surface area contributed by atoms with Crippen LogP contribution in [0.3, 0.4) is 0 Å². The first kappa shape index (κ1) is 21.4. The van der Waals surface area contributed by atoms with E-state index in [0.29, 0.717) is 32.7 Å². The largest absolute Gasteiger partial charge is 0.508 e. The highest BCUT2D eigenvalue weighted by atomic mass is 32.2. The standard InChI is InChI=1S/C24H26N2O4S/c1-30-21-9-7-20-8-10-24(27)23(22(20)17-21)18-25-12-14-26(15-13-25)31(28,29)16-11-19-5-3-2-4-6-19/h2-11,16-17,27H,12-15,18H2,1H3. The summed E-state index contributed by atoms with van der Waals surface area (Å²) in [6.07, 6.45) is 1.63. The number of hydrogen-bond acceptors (Lipinski definition) is 5. The third-order valence-electron chi connectivity index (χ3n) is 5.62. The molecule has 0 aromatic heterocycles. The molecule has 1 heterocycles. The number of ether oxygens (including phenoxy) is 1. The Kier molecular flexibility index (Phi) is 6.27. The quantitative estimate of drug-likeness (QED) is 0.636. The van der Waals surface area contributed by atoms with Crippen molar-refractivity contribution in [2.75, 3.05) is 33.3 Å². The van der Waals surface area contributed by atoms with Crippen molar-refractivity contribution in [1.82, 2.24) is 9.21 Å². The zero-order valence-electron chi connectivity index (χ0n) is 17.4. The molecule has 7 heteroatoms. The molecule has 0 atom stereocenters. The van der Waals surface area contributed by atoms with Crippen LogP contribution in [0.4, 0.5) is 0 Å². The number of phenols is 1. The van der Waals surface area contributed by atoms with Crippen LogP contribution in [0.5, 0.6) is 11.5 Å². The average molecular weight is 439 g/mol. The molecule has 31 heavy (non-hydrogen) atoms. The second-order valence-corrected chi connectivity index (χ2v) is 9.40. The van der Waals surface area contributed by atoms with Crippen molar-refractivity contribution in [2.24, 2.45) is 0 Å². The molecule has 1 N–H and O–H groups in total. The van der Waals surface area contributed by atoms with Crippen LogP contribution in [-0.4, -0.2) is 56.0 Å². The van der Waals surface area contributed by atoms with E-state index in [1.165, 1.54) is 9.71 Å². The molecule has 1 saturated heterocycles. The van der Waals surface area contributed by atoms with Gasteiger partial charge in [0.1, 0.15) is 11.5 Å². The van der Waals surface area contributed by atoms with Crippen LogP contribution in [-0.2, 0) is 16.6 Å². The van der Waals surface area contributed by atoms with E-state index in [9.17, 15) is 13.5 Å². The average Bonchev–Trinajstić information content (AvgIpc) is 2.80. The van der Waals surface area contributed by atoms with E-state index in [1.807, 2.05) is 54.6 Å². The van der Waals surface area contributed by atoms with Gasteiger partial charge in [-0.1, -0.05) is 42.5 Å². The van der Waals surface area contributed by atoms with E-state index in [0.717, 1.165) is 27.6 Å². The van der Waals surface area contributed by atoms with E-state index in [1.54, 1.807) is 19.3 Å². The molecule has 6 nitrogen and oxygen atoms in total. The minimum absolute atomic E-state index is 0.238. The van der Waals surface area contributed by atoms with Gasteiger partial charge in [-0.2, -0.15) is 4.31 Å². The van der Waals surface area contributed by atoms with E-state index in [4.69, 9.17) is 4.74 Å². The molecule has 0 saturated carbocycles. The normalized spacial score (nSPS) is 16.2. The summed E-state index contributed by atoms with van der Waals surface area (Å²) in [5.41, 5.74) is 1.68. The highest BCUT2D eigenvalue weighted by molar-refractivity contribution is 7.92. The number of sulfonamides is 1. The minimum atomic E-state index is -3.47. The van der Waals surface area contributed by atoms with Gasteiger partial charge in [0.25, 0.3) is 0 Å². The molecule has 4 rings (SSSR count). The van der Waals surface area contributed by atoms with E-state index < -0.39 is 10.0 Å². The van der Waals surface area contributed by atoms with Crippen LogP contribution in [0.1, 0.15) is 11.1 Å². The lowest BCUT2D eigenvalue weighted by molar-refractivity contribution is 0.181. The molecule has 3 aromatic rings. The van der Waals surface area contributed by atoms with Gasteiger partial charge in [-0.3, -0.25) is 4.90 Å². The Balaban J connectivity index is 1.45. The summed E-state index contributed by atoms with van der Waals surface area (Å²) in [5.74, 6) is 0.974. The maximum Gasteiger partial charge on any atom is 0.236 e. The number of nitrogens with zero attached hydrogens (tertiary/aromatic N) is 2. The zero-order valence-corrected chi connectivity index (χ0v) is 18.3. The van der Waals surface area contributed by atoms with Gasteiger partial charge in [0.2, 0.25) is 10.0 Å². The maximum absolute atomic E-state index is 12.7. The Hall–Kier alpha value is -2.87. The molecular weight excluding hydrogens is 412 g/mol. The van der Waals surface area contributed by atoms with Gasteiger partial charge in [0.15, 0.2) is 0 Å². The van der Waals surface area contributed by atoms with Crippen molar-refractivity contribution in [2.45, 2.75) is 6.54 Å². The van der Waals surface area contributed by atoms with Gasteiger partial charge in [-0.25, -0.2) is 8.42 Å². The monoisotopic (exact) mass is 438 g/mol. The molecule has 3 aromatic carbocycles. The highest BCUT2D eigenvalue weighted by Gasteiger charge is 2.25. The lowest BCUT2D eigenvalue weighted by atomic mass is 10.0. The molecule has 0 unspecified atom stereocenters. The fourth-order valence-corrected chi connectivity index (χ4v) is 5.00. The van der Waals surface area contributed by atoms with Crippen LogP contribution < -0.4 is 4.74 Å². The number of aromatic hydroxyl groups is 1. The Morgan fingerprint density at radius 3 is 2.42 bits per heavy atom. The second-order valence-electron chi connectivity index (χ2n) is 7.58. The first-order valence-electron chi connectivity index (χ1n) is 10.2. The smallest absolute Gasteiger partial charge is 0.236 e. The lowest BCUT2D eigenvalue weighted by Crippen LogP contribution is -2.47.